The van der Waals surface area contributed by atoms with E-state index in [1.165, 1.54) is 0 Å². The van der Waals surface area contributed by atoms with Crippen LogP contribution in [0.4, 0.5) is 0 Å². The summed E-state index contributed by atoms with van der Waals surface area (Å²) in [5, 5.41) is 16.7. The third kappa shape index (κ3) is 2.63. The van der Waals surface area contributed by atoms with Crippen LogP contribution in [0.15, 0.2) is 24.5 Å². The number of hydrogen-bond donors (Lipinski definition) is 3. The fourth-order valence-corrected chi connectivity index (χ4v) is 2.24. The van der Waals surface area contributed by atoms with Crippen LogP contribution >= 0.6 is 11.6 Å². The molecule has 0 unspecified atom stereocenters. The Morgan fingerprint density at radius 3 is 3.05 bits per heavy atom. The number of hydrogen-bond acceptors (Lipinski definition) is 4. The van der Waals surface area contributed by atoms with Crippen LogP contribution in [0.5, 0.6) is 0 Å². The summed E-state index contributed by atoms with van der Waals surface area (Å²) in [6.07, 6.45) is 2.44. The summed E-state index contributed by atoms with van der Waals surface area (Å²) in [4.78, 5) is 11.8. The number of aromatic nitrogens is 4. The molecule has 1 amide bonds. The van der Waals surface area contributed by atoms with Gasteiger partial charge in [0.2, 0.25) is 5.91 Å². The van der Waals surface area contributed by atoms with Gasteiger partial charge >= 0.3 is 0 Å². The van der Waals surface area contributed by atoms with Gasteiger partial charge < -0.3 is 10.6 Å². The molecule has 3 rings (SSSR count). The molecule has 0 saturated carbocycles. The number of H-pyrrole nitrogens is 1. The Bertz CT molecular complexity index is 610. The van der Waals surface area contributed by atoms with Crippen molar-refractivity contribution in [2.24, 2.45) is 0 Å². The van der Waals surface area contributed by atoms with Crippen molar-refractivity contribution < 1.29 is 9.48 Å². The fourth-order valence-electron chi connectivity index (χ4n) is 2.04. The van der Waals surface area contributed by atoms with Crippen LogP contribution in [0.2, 0.25) is 5.02 Å². The molecule has 1 fully saturated rings. The highest BCUT2D eigenvalue weighted by atomic mass is 35.5. The summed E-state index contributed by atoms with van der Waals surface area (Å²) in [7, 11) is 0. The van der Waals surface area contributed by atoms with Crippen LogP contribution in [0.3, 0.4) is 0 Å². The topological polar surface area (TPSA) is 86.6 Å². The van der Waals surface area contributed by atoms with Crippen LogP contribution in [0, 0.1) is 0 Å². The van der Waals surface area contributed by atoms with E-state index in [1.54, 1.807) is 17.1 Å². The van der Waals surface area contributed by atoms with Gasteiger partial charge in [-0.3, -0.25) is 4.79 Å². The first-order chi connectivity index (χ1) is 9.74. The molecule has 1 aliphatic heterocycles. The van der Waals surface area contributed by atoms with E-state index in [0.29, 0.717) is 11.6 Å². The largest absolute Gasteiger partial charge is 0.351 e. The molecule has 0 spiro atoms. The SMILES string of the molecule is O=C(NCc1cc(Cl)ccc1-[n+]1cnn[nH]1)[C@@H]1CCN1. The monoisotopic (exact) mass is 293 g/mol. The van der Waals surface area contributed by atoms with Gasteiger partial charge in [-0.25, -0.2) is 0 Å². The number of rotatable bonds is 4. The molecule has 1 saturated heterocycles. The second kappa shape index (κ2) is 5.56. The predicted octanol–water partition coefficient (Wildman–Crippen LogP) is -0.287. The third-order valence-electron chi connectivity index (χ3n) is 3.27. The molecule has 104 valence electrons. The predicted molar refractivity (Wildman–Crippen MR) is 71.2 cm³/mol. The molecular formula is C12H14ClN6O+. The number of tetrazole rings is 1. The van der Waals surface area contributed by atoms with Crippen molar-refractivity contribution in [3.63, 3.8) is 0 Å². The van der Waals surface area contributed by atoms with Gasteiger partial charge in [-0.15, -0.1) is 4.68 Å². The Morgan fingerprint density at radius 1 is 1.55 bits per heavy atom. The van der Waals surface area contributed by atoms with Crippen molar-refractivity contribution in [2.45, 2.75) is 19.0 Å². The van der Waals surface area contributed by atoms with Gasteiger partial charge in [-0.1, -0.05) is 16.8 Å². The molecule has 7 nitrogen and oxygen atoms in total. The normalized spacial score (nSPS) is 17.6. The zero-order chi connectivity index (χ0) is 13.9. The molecule has 1 aromatic heterocycles. The zero-order valence-electron chi connectivity index (χ0n) is 10.6. The van der Waals surface area contributed by atoms with Gasteiger partial charge in [0, 0.05) is 17.1 Å². The average molecular weight is 294 g/mol. The summed E-state index contributed by atoms with van der Waals surface area (Å²) in [5.74, 6) is 0.00918. The highest BCUT2D eigenvalue weighted by Crippen LogP contribution is 2.16. The fraction of sp³-hybridized carbons (Fsp3) is 0.333. The van der Waals surface area contributed by atoms with Gasteiger partial charge in [0.25, 0.3) is 6.33 Å². The minimum absolute atomic E-state index is 0.00918. The average Bonchev–Trinajstić information content (AvgIpc) is 2.88. The molecule has 1 aliphatic rings. The maximum absolute atomic E-state index is 11.8. The zero-order valence-corrected chi connectivity index (χ0v) is 11.4. The summed E-state index contributed by atoms with van der Waals surface area (Å²) in [5.41, 5.74) is 1.74. The Kier molecular flexibility index (Phi) is 3.62. The van der Waals surface area contributed by atoms with Gasteiger partial charge in [0.05, 0.1) is 6.04 Å². The van der Waals surface area contributed by atoms with Crippen LogP contribution in [0.25, 0.3) is 5.69 Å². The Morgan fingerprint density at radius 2 is 2.40 bits per heavy atom. The van der Waals surface area contributed by atoms with Crippen LogP contribution in [-0.4, -0.2) is 34.0 Å². The molecule has 0 bridgehead atoms. The summed E-state index contributed by atoms with van der Waals surface area (Å²) >= 11 is 6.02. The molecule has 2 aromatic rings. The van der Waals surface area contributed by atoms with Crippen LogP contribution in [-0.2, 0) is 11.3 Å². The van der Waals surface area contributed by atoms with E-state index in [2.05, 4.69) is 26.2 Å². The Hall–Kier alpha value is -1.99. The number of carbonyl (C=O) groups excluding carboxylic acids is 1. The number of nitrogens with zero attached hydrogens (tertiary/aromatic N) is 3. The first-order valence-corrected chi connectivity index (χ1v) is 6.69. The molecule has 0 aliphatic carbocycles. The van der Waals surface area contributed by atoms with Crippen molar-refractivity contribution >= 4 is 17.5 Å². The molecule has 0 radical (unpaired) electrons. The number of halogens is 1. The number of nitrogens with one attached hydrogen (secondary N) is 3. The van der Waals surface area contributed by atoms with E-state index in [-0.39, 0.29) is 11.9 Å². The lowest BCUT2D eigenvalue weighted by molar-refractivity contribution is -0.660. The molecule has 20 heavy (non-hydrogen) atoms. The molecule has 8 heteroatoms. The standard InChI is InChI=1S/C12H13ClN6O/c13-9-1-2-11(19-7-16-17-18-19)8(5-9)6-15-12(20)10-3-4-14-10/h1-2,5,7,10,14H,3-4,6H2,(H,15,20)/p+1/t10-/m0/s1. The maximum atomic E-state index is 11.8. The van der Waals surface area contributed by atoms with Crippen molar-refractivity contribution in [1.82, 2.24) is 26.2 Å². The number of carbonyl (C=O) groups is 1. The Balaban J connectivity index is 1.77. The Labute approximate surface area is 120 Å². The van der Waals surface area contributed by atoms with Gasteiger partial charge in [0.15, 0.2) is 5.21 Å². The number of benzene rings is 1. The lowest BCUT2D eigenvalue weighted by Crippen LogP contribution is -2.53. The van der Waals surface area contributed by atoms with Crippen molar-refractivity contribution in [2.75, 3.05) is 6.54 Å². The second-order valence-corrected chi connectivity index (χ2v) is 5.02. The van der Waals surface area contributed by atoms with Crippen molar-refractivity contribution in [3.05, 3.63) is 35.1 Å². The lowest BCUT2D eigenvalue weighted by atomic mass is 10.1. The van der Waals surface area contributed by atoms with E-state index < -0.39 is 0 Å². The molecule has 3 N–H and O–H groups in total. The summed E-state index contributed by atoms with van der Waals surface area (Å²) < 4.78 is 1.67. The number of amides is 1. The number of aromatic amines is 1. The molecule has 1 atom stereocenters. The molecule has 2 heterocycles. The molecule has 1 aromatic carbocycles. The van der Waals surface area contributed by atoms with Gasteiger partial charge in [0.1, 0.15) is 10.8 Å². The van der Waals surface area contributed by atoms with Crippen molar-refractivity contribution in [3.8, 4) is 5.69 Å². The first kappa shape index (κ1) is 13.0. The first-order valence-electron chi connectivity index (χ1n) is 6.31. The minimum Gasteiger partial charge on any atom is -0.351 e. The van der Waals surface area contributed by atoms with E-state index in [1.807, 2.05) is 12.1 Å². The van der Waals surface area contributed by atoms with E-state index in [0.717, 1.165) is 24.2 Å². The highest BCUT2D eigenvalue weighted by Gasteiger charge is 2.24. The van der Waals surface area contributed by atoms with Crippen LogP contribution in [0.1, 0.15) is 12.0 Å². The quantitative estimate of drug-likeness (QED) is 0.676. The second-order valence-electron chi connectivity index (χ2n) is 4.59. The van der Waals surface area contributed by atoms with Crippen LogP contribution < -0.4 is 15.3 Å². The summed E-state index contributed by atoms with van der Waals surface area (Å²) in [6, 6.07) is 5.38. The van der Waals surface area contributed by atoms with Gasteiger partial charge in [-0.05, 0) is 31.2 Å². The minimum atomic E-state index is -0.0703. The third-order valence-corrected chi connectivity index (χ3v) is 3.51. The van der Waals surface area contributed by atoms with Gasteiger partial charge in [-0.2, -0.15) is 0 Å². The highest BCUT2D eigenvalue weighted by molar-refractivity contribution is 6.30. The van der Waals surface area contributed by atoms with E-state index >= 15 is 0 Å². The lowest BCUT2D eigenvalue weighted by Gasteiger charge is -2.26. The maximum Gasteiger partial charge on any atom is 0.293 e. The summed E-state index contributed by atoms with van der Waals surface area (Å²) in [6.45, 7) is 1.30. The smallest absolute Gasteiger partial charge is 0.293 e. The van der Waals surface area contributed by atoms with E-state index in [9.17, 15) is 4.79 Å². The molecular weight excluding hydrogens is 280 g/mol. The van der Waals surface area contributed by atoms with E-state index in [4.69, 9.17) is 11.6 Å². The van der Waals surface area contributed by atoms with Crippen molar-refractivity contribution in [1.29, 1.82) is 0 Å².